The van der Waals surface area contributed by atoms with Gasteiger partial charge in [0.05, 0.1) is 0 Å². The van der Waals surface area contributed by atoms with Gasteiger partial charge in [0.15, 0.2) is 0 Å². The van der Waals surface area contributed by atoms with E-state index in [1.54, 1.807) is 0 Å². The second kappa shape index (κ2) is 14.7. The fourth-order valence-corrected chi connectivity index (χ4v) is 36.8. The Morgan fingerprint density at radius 3 is 1.14 bits per heavy atom. The van der Waals surface area contributed by atoms with Crippen molar-refractivity contribution in [3.8, 4) is 22.3 Å². The van der Waals surface area contributed by atoms with Crippen molar-refractivity contribution in [3.05, 3.63) is 215 Å². The van der Waals surface area contributed by atoms with Gasteiger partial charge in [-0.1, -0.05) is 0 Å². The molecule has 4 heteroatoms. The molecule has 0 saturated heterocycles. The molecule has 10 rings (SSSR count). The maximum absolute atomic E-state index is 4.26. The molecule has 0 amide bonds. The minimum atomic E-state index is -4.26. The van der Waals surface area contributed by atoms with Crippen LogP contribution in [0.2, 0.25) is 9.36 Å². The first-order chi connectivity index (χ1) is 26.4. The van der Waals surface area contributed by atoms with Crippen molar-refractivity contribution in [2.24, 2.45) is 0 Å². The van der Waals surface area contributed by atoms with Crippen molar-refractivity contribution >= 4 is 76.6 Å². The van der Waals surface area contributed by atoms with E-state index in [-0.39, 0.29) is 24.8 Å². The summed E-state index contributed by atoms with van der Waals surface area (Å²) in [5.74, 6) is 0. The quantitative estimate of drug-likeness (QED) is 0.146. The minimum absolute atomic E-state index is 0. The van der Waals surface area contributed by atoms with Crippen LogP contribution in [0.5, 0.6) is 0 Å². The fraction of sp³-hybridized carbons (Fsp3) is 0.0769. The van der Waals surface area contributed by atoms with E-state index in [0.717, 1.165) is 0 Å². The van der Waals surface area contributed by atoms with E-state index in [1.165, 1.54) is 88.3 Å². The zero-order valence-corrected chi connectivity index (χ0v) is 38.3. The van der Waals surface area contributed by atoms with Gasteiger partial charge in [-0.3, -0.25) is 0 Å². The molecule has 0 spiro atoms. The second-order valence-electron chi connectivity index (χ2n) is 16.4. The van der Waals surface area contributed by atoms with Gasteiger partial charge in [0, 0.05) is 0 Å². The normalized spacial score (nSPS) is 16.0. The predicted molar refractivity (Wildman–Crippen MR) is 248 cm³/mol. The number of fused-ring (bicyclic) bond motifs is 4. The zero-order valence-electron chi connectivity index (χ0n) is 31.7. The second-order valence-corrected chi connectivity index (χ2v) is 59.9. The van der Waals surface area contributed by atoms with Crippen LogP contribution in [0.25, 0.3) is 67.1 Å². The predicted octanol–water partition coefficient (Wildman–Crippen LogP) is 14.4. The van der Waals surface area contributed by atoms with Gasteiger partial charge in [0.1, 0.15) is 0 Å². The summed E-state index contributed by atoms with van der Waals surface area (Å²) in [6, 6.07) is 68.0. The molecule has 8 aromatic rings. The summed E-state index contributed by atoms with van der Waals surface area (Å²) in [5.41, 5.74) is 16.7. The summed E-state index contributed by atoms with van der Waals surface area (Å²) in [6.45, 7) is 2.44. The zero-order chi connectivity index (χ0) is 36.5. The van der Waals surface area contributed by atoms with Crippen LogP contribution >= 0.6 is 24.8 Å². The number of allylic oxidation sites excluding steroid dienone is 2. The number of rotatable bonds is 6. The molecule has 0 aliphatic heterocycles. The van der Waals surface area contributed by atoms with Gasteiger partial charge < -0.3 is 0 Å². The molecular weight excluding hydrogens is 902 g/mol. The van der Waals surface area contributed by atoms with E-state index >= 15 is 0 Å². The Morgan fingerprint density at radius 1 is 0.375 bits per heavy atom. The van der Waals surface area contributed by atoms with E-state index in [4.69, 9.17) is 0 Å². The van der Waals surface area contributed by atoms with Gasteiger partial charge >= 0.3 is 323 Å². The van der Waals surface area contributed by atoms with Gasteiger partial charge in [-0.2, -0.15) is 0 Å². The molecule has 0 bridgehead atoms. The average molecular weight is 946 g/mol. The summed E-state index contributed by atoms with van der Waals surface area (Å²) in [5, 5.41) is 5.18. The Bertz CT molecular complexity index is 2720. The van der Waals surface area contributed by atoms with E-state index in [9.17, 15) is 0 Å². The van der Waals surface area contributed by atoms with Gasteiger partial charge in [-0.25, -0.2) is 0 Å². The van der Waals surface area contributed by atoms with Crippen molar-refractivity contribution in [1.82, 2.24) is 0 Å². The Hall–Kier alpha value is -4.57. The van der Waals surface area contributed by atoms with Crippen LogP contribution in [-0.4, -0.2) is 6.94 Å². The summed E-state index contributed by atoms with van der Waals surface area (Å²) >= 11 is -4.26. The molecule has 2 aliphatic carbocycles. The maximum atomic E-state index is 2.78. The van der Waals surface area contributed by atoms with Gasteiger partial charge in [-0.15, -0.1) is 24.8 Å². The molecular formula is C52H44Cl2HfSi. The average Bonchev–Trinajstić information content (AvgIpc) is 3.83. The molecule has 0 nitrogen and oxygen atoms in total. The molecule has 0 fully saturated rings. The molecule has 0 heterocycles. The van der Waals surface area contributed by atoms with Crippen molar-refractivity contribution < 1.29 is 17.1 Å². The van der Waals surface area contributed by atoms with Crippen LogP contribution in [0.15, 0.2) is 182 Å². The molecule has 0 radical (unpaired) electrons. The number of halogens is 2. The molecule has 2 unspecified atom stereocenters. The number of hydrogen-bond donors (Lipinski definition) is 0. The van der Waals surface area contributed by atoms with Crippen molar-refractivity contribution in [3.63, 3.8) is 0 Å². The molecule has 274 valence electrons. The number of hydrogen-bond acceptors (Lipinski definition) is 0. The summed E-state index contributed by atoms with van der Waals surface area (Å²) in [6.07, 6.45) is 5.16. The molecule has 0 saturated carbocycles. The van der Waals surface area contributed by atoms with Crippen LogP contribution in [-0.2, 0) is 17.1 Å². The molecule has 2 atom stereocenters. The van der Waals surface area contributed by atoms with Gasteiger partial charge in [0.25, 0.3) is 0 Å². The number of benzene rings is 8. The Labute approximate surface area is 345 Å². The van der Waals surface area contributed by atoms with E-state index in [1.807, 2.05) is 0 Å². The third-order valence-electron chi connectivity index (χ3n) is 12.4. The SMILES string of the molecule is Cl.Cl.[CH3][Hf]([CH3])(=[SiH2])([CH]1C(c2ccccc2)=Cc2c(-c3cccc4ccccc34)cccc21)[CH]1C(c2ccccc2)=Cc2c(-c3cccc4ccccc34)cccc21. The van der Waals surface area contributed by atoms with Crippen LogP contribution < -0.4 is 0 Å². The van der Waals surface area contributed by atoms with Crippen molar-refractivity contribution in [2.75, 3.05) is 0 Å². The molecule has 56 heavy (non-hydrogen) atoms. The molecule has 0 N–H and O–H groups in total. The van der Waals surface area contributed by atoms with Crippen LogP contribution in [0.1, 0.15) is 40.7 Å². The first kappa shape index (κ1) is 38.3. The summed E-state index contributed by atoms with van der Waals surface area (Å²) in [7, 11) is 0. The molecule has 2 aliphatic rings. The van der Waals surface area contributed by atoms with Crippen LogP contribution in [0, 0.1) is 0 Å². The molecule has 0 aromatic heterocycles. The fourth-order valence-electron chi connectivity index (χ4n) is 10.2. The molecule has 8 aromatic carbocycles. The summed E-state index contributed by atoms with van der Waals surface area (Å²) in [4.78, 5) is 0. The van der Waals surface area contributed by atoms with Gasteiger partial charge in [0.2, 0.25) is 0 Å². The third kappa shape index (κ3) is 6.14. The van der Waals surface area contributed by atoms with E-state index < -0.39 is 17.1 Å². The van der Waals surface area contributed by atoms with Crippen LogP contribution in [0.4, 0.5) is 0 Å². The first-order valence-corrected chi connectivity index (χ1v) is 38.9. The van der Waals surface area contributed by atoms with Crippen molar-refractivity contribution in [2.45, 2.75) is 16.7 Å². The van der Waals surface area contributed by atoms with Crippen LogP contribution in [0.3, 0.4) is 0 Å². The first-order valence-electron chi connectivity index (χ1n) is 19.2. The topological polar surface area (TPSA) is 0 Å². The Kier molecular flexibility index (Phi) is 10.1. The van der Waals surface area contributed by atoms with E-state index in [0.29, 0.717) is 7.35 Å². The Balaban J connectivity index is 0.00000220. The van der Waals surface area contributed by atoms with Crippen molar-refractivity contribution in [1.29, 1.82) is 0 Å². The van der Waals surface area contributed by atoms with E-state index in [2.05, 4.69) is 210 Å². The summed E-state index contributed by atoms with van der Waals surface area (Å²) < 4.78 is 6.21. The Morgan fingerprint density at radius 2 is 0.714 bits per heavy atom. The third-order valence-corrected chi connectivity index (χ3v) is 37.2. The van der Waals surface area contributed by atoms with Gasteiger partial charge in [-0.05, 0) is 0 Å². The monoisotopic (exact) mass is 946 g/mol. The standard InChI is InChI=1S/2C25H17.2CH3.2ClH.Hf.H2Si/c2*1-2-8-18(9-3-1)21-16-20-12-7-15-24(25(20)17-21)23-14-6-11-19-10-4-5-13-22(19)23;;;;;;/h2*1-17H;2*1H3;2*1H;;1H2.